The number of anilines is 1. The molecule has 0 unspecified atom stereocenters. The van der Waals surface area contributed by atoms with E-state index in [0.29, 0.717) is 25.0 Å². The first-order valence-corrected chi connectivity index (χ1v) is 7.86. The van der Waals surface area contributed by atoms with Gasteiger partial charge in [-0.25, -0.2) is 0 Å². The van der Waals surface area contributed by atoms with Gasteiger partial charge in [0.15, 0.2) is 0 Å². The van der Waals surface area contributed by atoms with Gasteiger partial charge in [0.05, 0.1) is 12.3 Å². The van der Waals surface area contributed by atoms with Gasteiger partial charge in [-0.05, 0) is 50.9 Å². The lowest BCUT2D eigenvalue weighted by Crippen LogP contribution is -2.40. The molecule has 1 fully saturated rings. The van der Waals surface area contributed by atoms with E-state index >= 15 is 0 Å². The average Bonchev–Trinajstić information content (AvgIpc) is 2.50. The maximum atomic E-state index is 12.5. The van der Waals surface area contributed by atoms with E-state index in [-0.39, 0.29) is 11.8 Å². The van der Waals surface area contributed by atoms with Crippen LogP contribution in [0.5, 0.6) is 5.75 Å². The fourth-order valence-corrected chi connectivity index (χ4v) is 2.69. The van der Waals surface area contributed by atoms with Crippen molar-refractivity contribution in [2.45, 2.75) is 32.7 Å². The molecule has 2 N–H and O–H groups in total. The van der Waals surface area contributed by atoms with Crippen LogP contribution in [0.1, 0.15) is 25.3 Å². The van der Waals surface area contributed by atoms with Crippen LogP contribution in [0.4, 0.5) is 5.69 Å². The van der Waals surface area contributed by atoms with E-state index in [9.17, 15) is 4.79 Å². The molecule has 0 spiro atoms. The molecular formula is C17H26N2O3. The summed E-state index contributed by atoms with van der Waals surface area (Å²) < 4.78 is 10.7. The van der Waals surface area contributed by atoms with Gasteiger partial charge < -0.3 is 20.1 Å². The van der Waals surface area contributed by atoms with Gasteiger partial charge in [0.1, 0.15) is 12.4 Å². The Morgan fingerprint density at radius 3 is 2.95 bits per heavy atom. The van der Waals surface area contributed by atoms with Crippen LogP contribution in [0.25, 0.3) is 0 Å². The number of amides is 1. The summed E-state index contributed by atoms with van der Waals surface area (Å²) in [6.07, 6.45) is 1.75. The summed E-state index contributed by atoms with van der Waals surface area (Å²) in [6, 6.07) is 6.21. The minimum absolute atomic E-state index is 0.0596. The normalized spacial score (nSPS) is 21.4. The van der Waals surface area contributed by atoms with Crippen LogP contribution in [0, 0.1) is 12.8 Å². The van der Waals surface area contributed by atoms with E-state index < -0.39 is 0 Å². The second kappa shape index (κ2) is 8.15. The second-order valence-electron chi connectivity index (χ2n) is 5.91. The molecule has 122 valence electrons. The quantitative estimate of drug-likeness (QED) is 0.792. The molecule has 0 saturated carbocycles. The van der Waals surface area contributed by atoms with E-state index in [0.717, 1.165) is 30.6 Å². The summed E-state index contributed by atoms with van der Waals surface area (Å²) >= 11 is 0. The lowest BCUT2D eigenvalue weighted by Gasteiger charge is -2.27. The van der Waals surface area contributed by atoms with E-state index in [2.05, 4.69) is 17.6 Å². The van der Waals surface area contributed by atoms with Crippen LogP contribution in [0.3, 0.4) is 0 Å². The SMILES string of the molecule is COCCOc1cc(C)ccc1NC(=O)[C@H]1CCN[C@@H](C)C1. The van der Waals surface area contributed by atoms with Crippen molar-refractivity contribution in [3.63, 3.8) is 0 Å². The molecule has 2 rings (SSSR count). The van der Waals surface area contributed by atoms with Crippen molar-refractivity contribution in [3.8, 4) is 5.75 Å². The smallest absolute Gasteiger partial charge is 0.227 e. The van der Waals surface area contributed by atoms with Crippen molar-refractivity contribution < 1.29 is 14.3 Å². The standard InChI is InChI=1S/C17H26N2O3/c1-12-4-5-15(16(10-12)22-9-8-21-3)19-17(20)14-6-7-18-13(2)11-14/h4-5,10,13-14,18H,6-9,11H2,1-3H3,(H,19,20)/t13-,14-/m0/s1. The number of carbonyl (C=O) groups excluding carboxylic acids is 1. The van der Waals surface area contributed by atoms with Crippen LogP contribution < -0.4 is 15.4 Å². The van der Waals surface area contributed by atoms with Crippen molar-refractivity contribution in [2.24, 2.45) is 5.92 Å². The molecule has 0 bridgehead atoms. The number of benzene rings is 1. The van der Waals surface area contributed by atoms with Crippen molar-refractivity contribution in [1.29, 1.82) is 0 Å². The van der Waals surface area contributed by atoms with Gasteiger partial charge in [0.2, 0.25) is 5.91 Å². The Hall–Kier alpha value is -1.59. The summed E-state index contributed by atoms with van der Waals surface area (Å²) in [7, 11) is 1.64. The monoisotopic (exact) mass is 306 g/mol. The Labute approximate surface area is 132 Å². The molecule has 5 nitrogen and oxygen atoms in total. The zero-order valence-electron chi connectivity index (χ0n) is 13.6. The van der Waals surface area contributed by atoms with E-state index in [1.54, 1.807) is 7.11 Å². The molecule has 1 saturated heterocycles. The Morgan fingerprint density at radius 2 is 2.23 bits per heavy atom. The van der Waals surface area contributed by atoms with Crippen LogP contribution in [0.15, 0.2) is 18.2 Å². The summed E-state index contributed by atoms with van der Waals surface area (Å²) in [6.45, 7) is 6.00. The molecule has 0 aromatic heterocycles. The van der Waals surface area contributed by atoms with Crippen molar-refractivity contribution in [1.82, 2.24) is 5.32 Å². The fraction of sp³-hybridized carbons (Fsp3) is 0.588. The number of carbonyl (C=O) groups is 1. The van der Waals surface area contributed by atoms with Crippen molar-refractivity contribution >= 4 is 11.6 Å². The van der Waals surface area contributed by atoms with Crippen molar-refractivity contribution in [3.05, 3.63) is 23.8 Å². The minimum Gasteiger partial charge on any atom is -0.489 e. The molecule has 0 radical (unpaired) electrons. The van der Waals surface area contributed by atoms with Gasteiger partial charge in [-0.15, -0.1) is 0 Å². The highest BCUT2D eigenvalue weighted by Gasteiger charge is 2.25. The predicted octanol–water partition coefficient (Wildman–Crippen LogP) is 2.35. The predicted molar refractivity (Wildman–Crippen MR) is 87.4 cm³/mol. The van der Waals surface area contributed by atoms with Gasteiger partial charge in [-0.2, -0.15) is 0 Å². The molecule has 22 heavy (non-hydrogen) atoms. The third kappa shape index (κ3) is 4.71. The molecule has 1 aliphatic rings. The fourth-order valence-electron chi connectivity index (χ4n) is 2.69. The first kappa shape index (κ1) is 16.8. The van der Waals surface area contributed by atoms with Gasteiger partial charge in [-0.1, -0.05) is 6.07 Å². The van der Waals surface area contributed by atoms with E-state index in [4.69, 9.17) is 9.47 Å². The molecule has 2 atom stereocenters. The van der Waals surface area contributed by atoms with Gasteiger partial charge >= 0.3 is 0 Å². The molecule has 1 aromatic carbocycles. The third-order valence-electron chi connectivity index (χ3n) is 3.93. The van der Waals surface area contributed by atoms with Crippen molar-refractivity contribution in [2.75, 3.05) is 32.2 Å². The van der Waals surface area contributed by atoms with Crippen LogP contribution >= 0.6 is 0 Å². The summed E-state index contributed by atoms with van der Waals surface area (Å²) in [5.74, 6) is 0.838. The minimum atomic E-state index is 0.0596. The highest BCUT2D eigenvalue weighted by atomic mass is 16.5. The maximum absolute atomic E-state index is 12.5. The molecule has 0 aliphatic carbocycles. The van der Waals surface area contributed by atoms with E-state index in [1.165, 1.54) is 0 Å². The molecule has 1 amide bonds. The zero-order chi connectivity index (χ0) is 15.9. The highest BCUT2D eigenvalue weighted by molar-refractivity contribution is 5.94. The zero-order valence-corrected chi connectivity index (χ0v) is 13.6. The summed E-state index contributed by atoms with van der Waals surface area (Å²) in [4.78, 5) is 12.5. The number of aryl methyl sites for hydroxylation is 1. The Morgan fingerprint density at radius 1 is 1.41 bits per heavy atom. The topological polar surface area (TPSA) is 59.6 Å². The first-order chi connectivity index (χ1) is 10.6. The summed E-state index contributed by atoms with van der Waals surface area (Å²) in [5.41, 5.74) is 1.83. The Kier molecular flexibility index (Phi) is 6.21. The van der Waals surface area contributed by atoms with Gasteiger partial charge in [0, 0.05) is 19.1 Å². The molecule has 1 aromatic rings. The molecular weight excluding hydrogens is 280 g/mol. The number of rotatable bonds is 6. The Bertz CT molecular complexity index is 505. The van der Waals surface area contributed by atoms with E-state index in [1.807, 2.05) is 25.1 Å². The van der Waals surface area contributed by atoms with Gasteiger partial charge in [0.25, 0.3) is 0 Å². The number of piperidine rings is 1. The number of hydrogen-bond acceptors (Lipinski definition) is 4. The Balaban J connectivity index is 2.02. The lowest BCUT2D eigenvalue weighted by atomic mass is 9.92. The highest BCUT2D eigenvalue weighted by Crippen LogP contribution is 2.27. The second-order valence-corrected chi connectivity index (χ2v) is 5.91. The lowest BCUT2D eigenvalue weighted by molar-refractivity contribution is -0.120. The largest absolute Gasteiger partial charge is 0.489 e. The third-order valence-corrected chi connectivity index (χ3v) is 3.93. The first-order valence-electron chi connectivity index (χ1n) is 7.86. The number of hydrogen-bond donors (Lipinski definition) is 2. The number of nitrogens with one attached hydrogen (secondary N) is 2. The van der Waals surface area contributed by atoms with Crippen LogP contribution in [-0.4, -0.2) is 38.8 Å². The number of ether oxygens (including phenoxy) is 2. The van der Waals surface area contributed by atoms with Crippen LogP contribution in [0.2, 0.25) is 0 Å². The van der Waals surface area contributed by atoms with Crippen LogP contribution in [-0.2, 0) is 9.53 Å². The number of methoxy groups -OCH3 is 1. The molecule has 1 aliphatic heterocycles. The molecule has 5 heteroatoms. The average molecular weight is 306 g/mol. The summed E-state index contributed by atoms with van der Waals surface area (Å²) in [5, 5.41) is 6.39. The van der Waals surface area contributed by atoms with Gasteiger partial charge in [-0.3, -0.25) is 4.79 Å². The maximum Gasteiger partial charge on any atom is 0.227 e. The molecule has 1 heterocycles.